The van der Waals surface area contributed by atoms with E-state index in [-0.39, 0.29) is 17.9 Å². The lowest BCUT2D eigenvalue weighted by Crippen LogP contribution is -2.23. The van der Waals surface area contributed by atoms with Crippen molar-refractivity contribution in [2.24, 2.45) is 11.7 Å². The van der Waals surface area contributed by atoms with Crippen LogP contribution in [0, 0.1) is 24.7 Å². The average Bonchev–Trinajstić information content (AvgIpc) is 2.85. The lowest BCUT2D eigenvalue weighted by molar-refractivity contribution is -0.119. The van der Waals surface area contributed by atoms with E-state index >= 15 is 0 Å². The molecule has 106 valence electrons. The van der Waals surface area contributed by atoms with Crippen LogP contribution in [0.15, 0.2) is 18.2 Å². The normalized spacial score (nSPS) is 21.1. The molecule has 4 heteroatoms. The maximum absolute atomic E-state index is 12.2. The van der Waals surface area contributed by atoms with Gasteiger partial charge in [0, 0.05) is 5.56 Å². The zero-order chi connectivity index (χ0) is 14.5. The van der Waals surface area contributed by atoms with E-state index in [9.17, 15) is 4.79 Å². The summed E-state index contributed by atoms with van der Waals surface area (Å²) in [7, 11) is 0. The monoisotopic (exact) mass is 272 g/mol. The summed E-state index contributed by atoms with van der Waals surface area (Å²) < 4.78 is 5.43. The van der Waals surface area contributed by atoms with Crippen molar-refractivity contribution in [2.75, 3.05) is 18.5 Å². The molecule has 4 nitrogen and oxygen atoms in total. The molecule has 1 amide bonds. The Morgan fingerprint density at radius 2 is 2.35 bits per heavy atom. The number of ether oxygens (including phenoxy) is 1. The molecular formula is C16H20N2O2. The first-order valence-electron chi connectivity index (χ1n) is 6.82. The van der Waals surface area contributed by atoms with Gasteiger partial charge in [-0.15, -0.1) is 0 Å². The van der Waals surface area contributed by atoms with Crippen LogP contribution in [-0.2, 0) is 9.53 Å². The molecule has 0 spiro atoms. The molecular weight excluding hydrogens is 252 g/mol. The van der Waals surface area contributed by atoms with E-state index in [1.165, 1.54) is 0 Å². The summed E-state index contributed by atoms with van der Waals surface area (Å²) in [4.78, 5) is 12.2. The van der Waals surface area contributed by atoms with Gasteiger partial charge in [0.15, 0.2) is 0 Å². The van der Waals surface area contributed by atoms with Crippen LogP contribution in [0.3, 0.4) is 0 Å². The molecule has 1 aliphatic heterocycles. The van der Waals surface area contributed by atoms with E-state index in [1.807, 2.05) is 32.0 Å². The molecule has 2 unspecified atom stereocenters. The van der Waals surface area contributed by atoms with Crippen LogP contribution < -0.4 is 11.1 Å². The van der Waals surface area contributed by atoms with E-state index in [0.29, 0.717) is 13.2 Å². The summed E-state index contributed by atoms with van der Waals surface area (Å²) in [6.45, 7) is 4.76. The van der Waals surface area contributed by atoms with Crippen LogP contribution in [-0.4, -0.2) is 25.2 Å². The van der Waals surface area contributed by atoms with E-state index in [1.54, 1.807) is 0 Å². The maximum atomic E-state index is 12.2. The number of rotatable bonds is 2. The minimum atomic E-state index is -0.0818. The summed E-state index contributed by atoms with van der Waals surface area (Å²) in [5.74, 6) is 5.73. The number of benzene rings is 1. The molecule has 0 aromatic heterocycles. The van der Waals surface area contributed by atoms with Crippen molar-refractivity contribution in [2.45, 2.75) is 26.4 Å². The summed E-state index contributed by atoms with van der Waals surface area (Å²) >= 11 is 0. The first-order valence-corrected chi connectivity index (χ1v) is 6.82. The minimum absolute atomic E-state index is 0.00555. The Morgan fingerprint density at radius 3 is 3.00 bits per heavy atom. The molecule has 2 atom stereocenters. The van der Waals surface area contributed by atoms with Crippen molar-refractivity contribution in [1.82, 2.24) is 0 Å². The average molecular weight is 272 g/mol. The molecule has 1 aliphatic rings. The predicted octanol–water partition coefficient (Wildman–Crippen LogP) is 1.67. The van der Waals surface area contributed by atoms with Crippen LogP contribution in [0.2, 0.25) is 0 Å². The second-order valence-electron chi connectivity index (χ2n) is 5.12. The van der Waals surface area contributed by atoms with Crippen LogP contribution in [0.5, 0.6) is 0 Å². The molecule has 1 aromatic carbocycles. The lowest BCUT2D eigenvalue weighted by Gasteiger charge is -2.11. The number of amides is 1. The fourth-order valence-corrected chi connectivity index (χ4v) is 2.25. The SMILES string of the molecule is Cc1ccc(NC(=O)C2COC(C)C2)c(C#CCN)c1. The van der Waals surface area contributed by atoms with Crippen LogP contribution in [0.1, 0.15) is 24.5 Å². The first kappa shape index (κ1) is 14.6. The largest absolute Gasteiger partial charge is 0.378 e. The number of aryl methyl sites for hydroxylation is 1. The highest BCUT2D eigenvalue weighted by Gasteiger charge is 2.28. The van der Waals surface area contributed by atoms with Crippen molar-refractivity contribution < 1.29 is 9.53 Å². The van der Waals surface area contributed by atoms with Gasteiger partial charge >= 0.3 is 0 Å². The second kappa shape index (κ2) is 6.56. The molecule has 0 radical (unpaired) electrons. The number of nitrogens with one attached hydrogen (secondary N) is 1. The Labute approximate surface area is 119 Å². The van der Waals surface area contributed by atoms with Gasteiger partial charge in [-0.1, -0.05) is 17.9 Å². The number of anilines is 1. The third-order valence-electron chi connectivity index (χ3n) is 3.33. The molecule has 3 N–H and O–H groups in total. The Hall–Kier alpha value is -1.83. The van der Waals surface area contributed by atoms with Gasteiger partial charge in [-0.25, -0.2) is 0 Å². The molecule has 0 bridgehead atoms. The third-order valence-corrected chi connectivity index (χ3v) is 3.33. The summed E-state index contributed by atoms with van der Waals surface area (Å²) in [5.41, 5.74) is 8.04. The molecule has 20 heavy (non-hydrogen) atoms. The molecule has 2 rings (SSSR count). The standard InChI is InChI=1S/C16H20N2O2/c1-11-5-6-15(13(8-11)4-3-7-17)18-16(19)14-9-12(2)20-10-14/h5-6,8,12,14H,7,9-10,17H2,1-2H3,(H,18,19). The van der Waals surface area contributed by atoms with Crippen LogP contribution in [0.4, 0.5) is 5.69 Å². The fourth-order valence-electron chi connectivity index (χ4n) is 2.25. The molecule has 1 heterocycles. The number of nitrogens with two attached hydrogens (primary N) is 1. The van der Waals surface area contributed by atoms with Crippen molar-refractivity contribution in [3.05, 3.63) is 29.3 Å². The van der Waals surface area contributed by atoms with E-state index in [0.717, 1.165) is 23.2 Å². The van der Waals surface area contributed by atoms with Gasteiger partial charge in [0.2, 0.25) is 5.91 Å². The molecule has 0 saturated carbocycles. The summed E-state index contributed by atoms with van der Waals surface area (Å²) in [6.07, 6.45) is 0.918. The highest BCUT2D eigenvalue weighted by Crippen LogP contribution is 2.22. The molecule has 1 fully saturated rings. The predicted molar refractivity (Wildman–Crippen MR) is 79.3 cm³/mol. The Balaban J connectivity index is 2.14. The van der Waals surface area contributed by atoms with E-state index < -0.39 is 0 Å². The first-order chi connectivity index (χ1) is 9.60. The van der Waals surface area contributed by atoms with Gasteiger partial charge in [-0.3, -0.25) is 4.79 Å². The lowest BCUT2D eigenvalue weighted by atomic mass is 10.0. The highest BCUT2D eigenvalue weighted by atomic mass is 16.5. The van der Waals surface area contributed by atoms with Gasteiger partial charge in [-0.2, -0.15) is 0 Å². The van der Waals surface area contributed by atoms with Gasteiger partial charge in [-0.05, 0) is 38.0 Å². The number of carbonyl (C=O) groups excluding carboxylic acids is 1. The minimum Gasteiger partial charge on any atom is -0.378 e. The highest BCUT2D eigenvalue weighted by molar-refractivity contribution is 5.94. The van der Waals surface area contributed by atoms with Crippen molar-refractivity contribution in [1.29, 1.82) is 0 Å². The van der Waals surface area contributed by atoms with E-state index in [2.05, 4.69) is 17.2 Å². The zero-order valence-electron chi connectivity index (χ0n) is 11.9. The maximum Gasteiger partial charge on any atom is 0.229 e. The van der Waals surface area contributed by atoms with Gasteiger partial charge < -0.3 is 15.8 Å². The fraction of sp³-hybridized carbons (Fsp3) is 0.438. The Bertz CT molecular complexity index is 557. The van der Waals surface area contributed by atoms with Crippen molar-refractivity contribution >= 4 is 11.6 Å². The molecule has 1 saturated heterocycles. The second-order valence-corrected chi connectivity index (χ2v) is 5.12. The smallest absolute Gasteiger partial charge is 0.229 e. The van der Waals surface area contributed by atoms with Crippen molar-refractivity contribution in [3.63, 3.8) is 0 Å². The number of carbonyl (C=O) groups is 1. The van der Waals surface area contributed by atoms with Gasteiger partial charge in [0.1, 0.15) is 0 Å². The Kier molecular flexibility index (Phi) is 4.78. The van der Waals surface area contributed by atoms with Crippen LogP contribution in [0.25, 0.3) is 0 Å². The zero-order valence-corrected chi connectivity index (χ0v) is 11.9. The number of hydrogen-bond acceptors (Lipinski definition) is 3. The number of hydrogen-bond donors (Lipinski definition) is 2. The Morgan fingerprint density at radius 1 is 1.55 bits per heavy atom. The summed E-state index contributed by atoms with van der Waals surface area (Å²) in [6, 6.07) is 5.79. The quantitative estimate of drug-likeness (QED) is 0.805. The van der Waals surface area contributed by atoms with Gasteiger partial charge in [0.05, 0.1) is 30.9 Å². The molecule has 0 aliphatic carbocycles. The molecule has 1 aromatic rings. The van der Waals surface area contributed by atoms with Gasteiger partial charge in [0.25, 0.3) is 0 Å². The topological polar surface area (TPSA) is 64.3 Å². The third kappa shape index (κ3) is 3.60. The van der Waals surface area contributed by atoms with E-state index in [4.69, 9.17) is 10.5 Å². The van der Waals surface area contributed by atoms with Crippen molar-refractivity contribution in [3.8, 4) is 11.8 Å². The van der Waals surface area contributed by atoms with Crippen LogP contribution >= 0.6 is 0 Å². The summed E-state index contributed by atoms with van der Waals surface area (Å²) in [5, 5.41) is 2.95.